The lowest BCUT2D eigenvalue weighted by molar-refractivity contribution is 0.194. The van der Waals surface area contributed by atoms with Crippen molar-refractivity contribution >= 4 is 17.9 Å². The third kappa shape index (κ3) is 4.06. The number of nitrogens with zero attached hydrogens (tertiary/aromatic N) is 5. The first-order chi connectivity index (χ1) is 14.1. The summed E-state index contributed by atoms with van der Waals surface area (Å²) in [5.41, 5.74) is 3.47. The molecule has 1 aliphatic rings. The summed E-state index contributed by atoms with van der Waals surface area (Å²) in [4.78, 5) is 4.78. The summed E-state index contributed by atoms with van der Waals surface area (Å²) < 4.78 is 10.2. The summed E-state index contributed by atoms with van der Waals surface area (Å²) in [5.74, 6) is 1.84. The zero-order chi connectivity index (χ0) is 20.4. The van der Waals surface area contributed by atoms with Crippen molar-refractivity contribution in [1.82, 2.24) is 19.2 Å². The number of ether oxygens (including phenoxy) is 1. The quantitative estimate of drug-likeness (QED) is 0.601. The lowest BCUT2D eigenvalue weighted by Gasteiger charge is -2.36. The molecule has 0 atom stereocenters. The third-order valence-electron chi connectivity index (χ3n) is 5.45. The molecule has 4 rings (SSSR count). The summed E-state index contributed by atoms with van der Waals surface area (Å²) in [6, 6.07) is 16.6. The first kappa shape index (κ1) is 19.7. The van der Waals surface area contributed by atoms with E-state index < -0.39 is 0 Å². The number of para-hydroxylation sites is 2. The smallest absolute Gasteiger partial charge is 0.199 e. The maximum atomic E-state index is 5.66. The Morgan fingerprint density at radius 2 is 1.79 bits per heavy atom. The minimum atomic E-state index is 0.707. The Kier molecular flexibility index (Phi) is 5.69. The van der Waals surface area contributed by atoms with Gasteiger partial charge in [0.25, 0.3) is 0 Å². The van der Waals surface area contributed by atoms with Crippen molar-refractivity contribution in [3.63, 3.8) is 0 Å². The molecular weight excluding hydrogens is 382 g/mol. The molecule has 152 valence electrons. The Bertz CT molecular complexity index is 1050. The van der Waals surface area contributed by atoms with Crippen LogP contribution in [0.5, 0.6) is 5.75 Å². The Morgan fingerprint density at radius 1 is 1.03 bits per heavy atom. The fraction of sp³-hybridized carbons (Fsp3) is 0.364. The van der Waals surface area contributed by atoms with Crippen LogP contribution in [0, 0.1) is 11.7 Å². The zero-order valence-corrected chi connectivity index (χ0v) is 18.0. The highest BCUT2D eigenvalue weighted by Gasteiger charge is 2.21. The normalized spacial score (nSPS) is 14.9. The first-order valence-electron chi connectivity index (χ1n) is 9.88. The molecule has 2 heterocycles. The first-order valence-corrected chi connectivity index (χ1v) is 10.3. The highest BCUT2D eigenvalue weighted by atomic mass is 32.1. The van der Waals surface area contributed by atoms with Gasteiger partial charge in [0, 0.05) is 38.8 Å². The van der Waals surface area contributed by atoms with Crippen LogP contribution in [0.25, 0.3) is 11.4 Å². The fourth-order valence-electron chi connectivity index (χ4n) is 3.83. The second-order valence-electron chi connectivity index (χ2n) is 7.45. The number of hydrogen-bond donors (Lipinski definition) is 0. The van der Waals surface area contributed by atoms with Crippen molar-refractivity contribution in [3.05, 3.63) is 58.9 Å². The number of anilines is 1. The molecule has 6 nitrogen and oxygen atoms in total. The maximum Gasteiger partial charge on any atom is 0.199 e. The van der Waals surface area contributed by atoms with Crippen molar-refractivity contribution in [2.75, 3.05) is 38.2 Å². The van der Waals surface area contributed by atoms with Gasteiger partial charge in [-0.3, -0.25) is 4.90 Å². The largest absolute Gasteiger partial charge is 0.495 e. The second-order valence-corrected chi connectivity index (χ2v) is 7.82. The van der Waals surface area contributed by atoms with Crippen LogP contribution in [0.15, 0.2) is 48.5 Å². The van der Waals surface area contributed by atoms with Crippen LogP contribution in [0.3, 0.4) is 0 Å². The molecule has 0 amide bonds. The fourth-order valence-corrected chi connectivity index (χ4v) is 4.01. The van der Waals surface area contributed by atoms with Crippen molar-refractivity contribution in [3.8, 4) is 17.1 Å². The van der Waals surface area contributed by atoms with E-state index in [1.807, 2.05) is 28.4 Å². The topological polar surface area (TPSA) is 38.5 Å². The van der Waals surface area contributed by atoms with Gasteiger partial charge >= 0.3 is 0 Å². The van der Waals surface area contributed by atoms with E-state index in [2.05, 4.69) is 53.1 Å². The Morgan fingerprint density at radius 3 is 2.52 bits per heavy atom. The van der Waals surface area contributed by atoms with Crippen molar-refractivity contribution in [1.29, 1.82) is 0 Å². The Labute approximate surface area is 176 Å². The molecule has 0 unspecified atom stereocenters. The van der Waals surface area contributed by atoms with Gasteiger partial charge in [-0.25, -0.2) is 4.68 Å². The molecule has 0 saturated carbocycles. The van der Waals surface area contributed by atoms with E-state index in [1.54, 1.807) is 7.11 Å². The SMILES string of the molecule is COc1ccccc1N1CCN(Cn2nc(-c3cccc(C)c3)n(C)c2=S)CC1. The molecule has 0 bridgehead atoms. The van der Waals surface area contributed by atoms with Gasteiger partial charge in [0.1, 0.15) is 5.75 Å². The van der Waals surface area contributed by atoms with Crippen LogP contribution in [-0.4, -0.2) is 52.5 Å². The number of aromatic nitrogens is 3. The standard InChI is InChI=1S/C22H27N5OS/c1-17-7-6-8-18(15-17)21-23-27(22(29)24(21)2)16-25-11-13-26(14-12-25)19-9-4-5-10-20(19)28-3/h4-10,15H,11-14,16H2,1-3H3. The lowest BCUT2D eigenvalue weighted by Crippen LogP contribution is -2.47. The number of hydrogen-bond acceptors (Lipinski definition) is 5. The van der Waals surface area contributed by atoms with Gasteiger partial charge in [0.2, 0.25) is 0 Å². The average Bonchev–Trinajstić information content (AvgIpc) is 3.03. The minimum absolute atomic E-state index is 0.707. The molecule has 0 N–H and O–H groups in total. The van der Waals surface area contributed by atoms with Crippen molar-refractivity contribution in [2.24, 2.45) is 7.05 Å². The summed E-state index contributed by atoms with van der Waals surface area (Å²) in [7, 11) is 3.72. The van der Waals surface area contributed by atoms with Crippen LogP contribution >= 0.6 is 12.2 Å². The molecule has 0 radical (unpaired) electrons. The molecule has 7 heteroatoms. The van der Waals surface area contributed by atoms with Crippen molar-refractivity contribution in [2.45, 2.75) is 13.6 Å². The number of aryl methyl sites for hydroxylation is 1. The monoisotopic (exact) mass is 409 g/mol. The molecule has 1 aliphatic heterocycles. The van der Waals surface area contributed by atoms with Gasteiger partial charge in [-0.05, 0) is 37.3 Å². The van der Waals surface area contributed by atoms with E-state index in [-0.39, 0.29) is 0 Å². The van der Waals surface area contributed by atoms with Gasteiger partial charge < -0.3 is 14.2 Å². The van der Waals surface area contributed by atoms with Crippen molar-refractivity contribution < 1.29 is 4.74 Å². The Balaban J connectivity index is 1.46. The Hall–Kier alpha value is -2.64. The predicted octanol–water partition coefficient (Wildman–Crippen LogP) is 3.71. The van der Waals surface area contributed by atoms with E-state index in [0.717, 1.165) is 53.8 Å². The molecule has 29 heavy (non-hydrogen) atoms. The summed E-state index contributed by atoms with van der Waals surface area (Å²) in [6.07, 6.45) is 0. The van der Waals surface area contributed by atoms with Crippen LogP contribution < -0.4 is 9.64 Å². The van der Waals surface area contributed by atoms with Crippen LogP contribution in [0.1, 0.15) is 5.56 Å². The summed E-state index contributed by atoms with van der Waals surface area (Å²) >= 11 is 5.66. The molecular formula is C22H27N5OS. The van der Waals surface area contributed by atoms with E-state index in [0.29, 0.717) is 6.67 Å². The van der Waals surface area contributed by atoms with Crippen LogP contribution in [-0.2, 0) is 13.7 Å². The summed E-state index contributed by atoms with van der Waals surface area (Å²) in [5, 5.41) is 4.82. The number of piperazine rings is 1. The molecule has 1 saturated heterocycles. The molecule has 1 fully saturated rings. The summed E-state index contributed by atoms with van der Waals surface area (Å²) in [6.45, 7) is 6.61. The van der Waals surface area contributed by atoms with E-state index in [9.17, 15) is 0 Å². The average molecular weight is 410 g/mol. The van der Waals surface area contributed by atoms with Crippen LogP contribution in [0.2, 0.25) is 0 Å². The molecule has 1 aromatic heterocycles. The highest BCUT2D eigenvalue weighted by Crippen LogP contribution is 2.28. The molecule has 2 aromatic carbocycles. The maximum absolute atomic E-state index is 5.66. The van der Waals surface area contributed by atoms with E-state index >= 15 is 0 Å². The van der Waals surface area contributed by atoms with E-state index in [1.165, 1.54) is 5.56 Å². The molecule has 0 spiro atoms. The van der Waals surface area contributed by atoms with Gasteiger partial charge in [-0.1, -0.05) is 35.9 Å². The van der Waals surface area contributed by atoms with Gasteiger partial charge in [0.05, 0.1) is 19.5 Å². The van der Waals surface area contributed by atoms with Crippen LogP contribution in [0.4, 0.5) is 5.69 Å². The predicted molar refractivity (Wildman–Crippen MR) is 119 cm³/mol. The molecule has 0 aliphatic carbocycles. The second kappa shape index (κ2) is 8.39. The zero-order valence-electron chi connectivity index (χ0n) is 17.2. The number of rotatable bonds is 5. The van der Waals surface area contributed by atoms with E-state index in [4.69, 9.17) is 22.1 Å². The van der Waals surface area contributed by atoms with Gasteiger partial charge in [-0.2, -0.15) is 5.10 Å². The van der Waals surface area contributed by atoms with Gasteiger partial charge in [-0.15, -0.1) is 0 Å². The minimum Gasteiger partial charge on any atom is -0.495 e. The highest BCUT2D eigenvalue weighted by molar-refractivity contribution is 7.71. The molecule has 3 aromatic rings. The lowest BCUT2D eigenvalue weighted by atomic mass is 10.1. The number of methoxy groups -OCH3 is 1. The van der Waals surface area contributed by atoms with Gasteiger partial charge in [0.15, 0.2) is 10.6 Å². The third-order valence-corrected chi connectivity index (χ3v) is 5.93. The number of benzene rings is 2.